The summed E-state index contributed by atoms with van der Waals surface area (Å²) in [6, 6.07) is 10.0. The average Bonchev–Trinajstić information content (AvgIpc) is 2.54. The Morgan fingerprint density at radius 1 is 1.08 bits per heavy atom. The van der Waals surface area contributed by atoms with Crippen LogP contribution in [0.4, 0.5) is 5.69 Å². The molecule has 1 saturated heterocycles. The molecule has 0 atom stereocenters. The van der Waals surface area contributed by atoms with E-state index in [-0.39, 0.29) is 18.2 Å². The van der Waals surface area contributed by atoms with Crippen LogP contribution < -0.4 is 10.2 Å². The van der Waals surface area contributed by atoms with E-state index in [1.54, 1.807) is 20.8 Å². The van der Waals surface area contributed by atoms with Gasteiger partial charge in [-0.05, 0) is 12.1 Å². The van der Waals surface area contributed by atoms with Crippen molar-refractivity contribution in [3.63, 3.8) is 0 Å². The zero-order chi connectivity index (χ0) is 17.8. The molecule has 2 rings (SSSR count). The van der Waals surface area contributed by atoms with Gasteiger partial charge in [-0.15, -0.1) is 0 Å². The van der Waals surface area contributed by atoms with Crippen LogP contribution in [0.5, 0.6) is 0 Å². The first-order valence-electron chi connectivity index (χ1n) is 8.26. The molecule has 0 unspecified atom stereocenters. The number of rotatable bonds is 5. The van der Waals surface area contributed by atoms with Gasteiger partial charge in [-0.3, -0.25) is 4.79 Å². The van der Waals surface area contributed by atoms with Gasteiger partial charge in [0.1, 0.15) is 0 Å². The second-order valence-corrected chi connectivity index (χ2v) is 9.13. The smallest absolute Gasteiger partial charge is 0.225 e. The molecular formula is C17H27N3O3S. The number of hydrogen-bond acceptors (Lipinski definition) is 4. The Hall–Kier alpha value is -1.60. The Morgan fingerprint density at radius 3 is 2.21 bits per heavy atom. The van der Waals surface area contributed by atoms with Gasteiger partial charge >= 0.3 is 0 Å². The number of nitrogens with one attached hydrogen (secondary N) is 1. The van der Waals surface area contributed by atoms with Crippen molar-refractivity contribution in [1.82, 2.24) is 9.62 Å². The minimum absolute atomic E-state index is 0.0554. The van der Waals surface area contributed by atoms with Gasteiger partial charge in [-0.25, -0.2) is 8.42 Å². The quantitative estimate of drug-likeness (QED) is 0.866. The van der Waals surface area contributed by atoms with Crippen LogP contribution in [0.25, 0.3) is 0 Å². The molecule has 7 heteroatoms. The molecule has 1 aromatic rings. The van der Waals surface area contributed by atoms with Crippen molar-refractivity contribution < 1.29 is 13.2 Å². The lowest BCUT2D eigenvalue weighted by atomic mass is 9.96. The largest absolute Gasteiger partial charge is 0.369 e. The molecule has 24 heavy (non-hydrogen) atoms. The Labute approximate surface area is 144 Å². The fourth-order valence-corrected chi connectivity index (χ4v) is 3.89. The van der Waals surface area contributed by atoms with Crippen LogP contribution in [0.2, 0.25) is 0 Å². The monoisotopic (exact) mass is 353 g/mol. The Kier molecular flexibility index (Phi) is 5.87. The van der Waals surface area contributed by atoms with Gasteiger partial charge in [-0.1, -0.05) is 39.0 Å². The summed E-state index contributed by atoms with van der Waals surface area (Å²) in [5.41, 5.74) is 0.609. The van der Waals surface area contributed by atoms with Gasteiger partial charge in [0, 0.05) is 43.8 Å². The molecule has 1 N–H and O–H groups in total. The summed E-state index contributed by atoms with van der Waals surface area (Å²) in [5, 5.41) is 2.70. The predicted molar refractivity (Wildman–Crippen MR) is 96.5 cm³/mol. The van der Waals surface area contributed by atoms with E-state index in [2.05, 4.69) is 10.2 Å². The van der Waals surface area contributed by atoms with Crippen LogP contribution in [-0.2, 0) is 14.8 Å². The highest BCUT2D eigenvalue weighted by Gasteiger charge is 2.27. The third-order valence-electron chi connectivity index (χ3n) is 4.08. The van der Waals surface area contributed by atoms with Gasteiger partial charge in [0.2, 0.25) is 15.9 Å². The van der Waals surface area contributed by atoms with E-state index in [0.29, 0.717) is 26.2 Å². The molecule has 0 radical (unpaired) electrons. The van der Waals surface area contributed by atoms with E-state index in [0.717, 1.165) is 5.69 Å². The second kappa shape index (κ2) is 7.53. The fourth-order valence-electron chi connectivity index (χ4n) is 2.55. The first-order chi connectivity index (χ1) is 11.2. The first-order valence-corrected chi connectivity index (χ1v) is 9.87. The summed E-state index contributed by atoms with van der Waals surface area (Å²) in [6.45, 7) is 7.88. The minimum Gasteiger partial charge on any atom is -0.369 e. The molecule has 1 aliphatic heterocycles. The zero-order valence-corrected chi connectivity index (χ0v) is 15.5. The average molecular weight is 353 g/mol. The number of carbonyl (C=O) groups is 1. The van der Waals surface area contributed by atoms with Crippen molar-refractivity contribution in [3.05, 3.63) is 30.3 Å². The highest BCUT2D eigenvalue weighted by atomic mass is 32.2. The molecule has 0 aliphatic carbocycles. The number of anilines is 1. The SMILES string of the molecule is CC(C)(C)C(=O)NCCS(=O)(=O)N1CCN(c2ccccc2)CC1. The fraction of sp³-hybridized carbons (Fsp3) is 0.588. The molecule has 1 aromatic carbocycles. The van der Waals surface area contributed by atoms with Crippen LogP contribution >= 0.6 is 0 Å². The van der Waals surface area contributed by atoms with E-state index in [1.807, 2.05) is 30.3 Å². The number of hydrogen-bond donors (Lipinski definition) is 1. The topological polar surface area (TPSA) is 69.7 Å². The van der Waals surface area contributed by atoms with Crippen molar-refractivity contribution in [2.45, 2.75) is 20.8 Å². The maximum absolute atomic E-state index is 12.4. The number of para-hydroxylation sites is 1. The van der Waals surface area contributed by atoms with Gasteiger partial charge < -0.3 is 10.2 Å². The van der Waals surface area contributed by atoms with Crippen molar-refractivity contribution in [2.75, 3.05) is 43.4 Å². The summed E-state index contributed by atoms with van der Waals surface area (Å²) in [4.78, 5) is 14.0. The predicted octanol–water partition coefficient (Wildman–Crippen LogP) is 1.30. The summed E-state index contributed by atoms with van der Waals surface area (Å²) in [5.74, 6) is -0.188. The number of amides is 1. The zero-order valence-electron chi connectivity index (χ0n) is 14.7. The van der Waals surface area contributed by atoms with Crippen LogP contribution in [0.15, 0.2) is 30.3 Å². The third kappa shape index (κ3) is 4.95. The Bertz CT molecular complexity index is 645. The van der Waals surface area contributed by atoms with Crippen LogP contribution in [0, 0.1) is 5.41 Å². The maximum atomic E-state index is 12.4. The van der Waals surface area contributed by atoms with Crippen LogP contribution in [0.1, 0.15) is 20.8 Å². The van der Waals surface area contributed by atoms with Crippen molar-refractivity contribution in [3.8, 4) is 0 Å². The minimum atomic E-state index is -3.34. The molecule has 6 nitrogen and oxygen atoms in total. The maximum Gasteiger partial charge on any atom is 0.225 e. The number of piperazine rings is 1. The highest BCUT2D eigenvalue weighted by Crippen LogP contribution is 2.17. The normalized spacial score (nSPS) is 16.9. The molecule has 1 heterocycles. The lowest BCUT2D eigenvalue weighted by molar-refractivity contribution is -0.128. The van der Waals surface area contributed by atoms with Gasteiger partial charge in [0.05, 0.1) is 5.75 Å². The summed E-state index contributed by atoms with van der Waals surface area (Å²) < 4.78 is 26.4. The standard InChI is InChI=1S/C17H27N3O3S/c1-17(2,3)16(21)18-9-14-24(22,23)20-12-10-19(11-13-20)15-7-5-4-6-8-15/h4-8H,9-14H2,1-3H3,(H,18,21). The first kappa shape index (κ1) is 18.7. The number of sulfonamides is 1. The van der Waals surface area contributed by atoms with Crippen molar-refractivity contribution in [2.24, 2.45) is 5.41 Å². The summed E-state index contributed by atoms with van der Waals surface area (Å²) in [6.07, 6.45) is 0. The van der Waals surface area contributed by atoms with E-state index in [4.69, 9.17) is 0 Å². The van der Waals surface area contributed by atoms with Gasteiger partial charge in [0.15, 0.2) is 0 Å². The molecule has 0 spiro atoms. The highest BCUT2D eigenvalue weighted by molar-refractivity contribution is 7.89. The molecule has 1 amide bonds. The van der Waals surface area contributed by atoms with E-state index in [1.165, 1.54) is 4.31 Å². The van der Waals surface area contributed by atoms with E-state index >= 15 is 0 Å². The van der Waals surface area contributed by atoms with Gasteiger partial charge in [0.25, 0.3) is 0 Å². The molecule has 1 aliphatic rings. The van der Waals surface area contributed by atoms with Crippen LogP contribution in [-0.4, -0.2) is 57.1 Å². The molecular weight excluding hydrogens is 326 g/mol. The number of carbonyl (C=O) groups excluding carboxylic acids is 1. The summed E-state index contributed by atoms with van der Waals surface area (Å²) >= 11 is 0. The van der Waals surface area contributed by atoms with Crippen molar-refractivity contribution >= 4 is 21.6 Å². The molecule has 134 valence electrons. The third-order valence-corrected chi connectivity index (χ3v) is 5.95. The summed E-state index contributed by atoms with van der Waals surface area (Å²) in [7, 11) is -3.34. The molecule has 0 saturated carbocycles. The Morgan fingerprint density at radius 2 is 1.67 bits per heavy atom. The lowest BCUT2D eigenvalue weighted by Crippen LogP contribution is -2.50. The second-order valence-electron chi connectivity index (χ2n) is 7.04. The van der Waals surface area contributed by atoms with Crippen LogP contribution in [0.3, 0.4) is 0 Å². The molecule has 0 bridgehead atoms. The van der Waals surface area contributed by atoms with Gasteiger partial charge in [-0.2, -0.15) is 4.31 Å². The van der Waals surface area contributed by atoms with E-state index < -0.39 is 15.4 Å². The molecule has 1 fully saturated rings. The number of benzene rings is 1. The molecule has 0 aromatic heterocycles. The number of nitrogens with zero attached hydrogens (tertiary/aromatic N) is 2. The van der Waals surface area contributed by atoms with Crippen molar-refractivity contribution in [1.29, 1.82) is 0 Å². The Balaban J connectivity index is 1.83. The lowest BCUT2D eigenvalue weighted by Gasteiger charge is -2.35. The van der Waals surface area contributed by atoms with E-state index in [9.17, 15) is 13.2 Å².